The van der Waals surface area contributed by atoms with Crippen molar-refractivity contribution in [3.05, 3.63) is 0 Å². The fourth-order valence-electron chi connectivity index (χ4n) is 0.626. The molecule has 0 aromatic carbocycles. The summed E-state index contributed by atoms with van der Waals surface area (Å²) < 4.78 is 5.31. The van der Waals surface area contributed by atoms with Gasteiger partial charge in [-0.25, -0.2) is 4.79 Å². The summed E-state index contributed by atoms with van der Waals surface area (Å²) in [5, 5.41) is 8.66. The first-order valence-corrected chi connectivity index (χ1v) is 7.10. The number of rotatable bonds is 3. The van der Waals surface area contributed by atoms with Gasteiger partial charge in [-0.05, 0) is 26.6 Å². The van der Waals surface area contributed by atoms with Crippen molar-refractivity contribution in [3.63, 3.8) is 0 Å². The minimum atomic E-state index is -1.80. The molecule has 1 atom stereocenters. The third-order valence-corrected chi connectivity index (χ3v) is 1.91. The van der Waals surface area contributed by atoms with E-state index in [0.717, 1.165) is 0 Å². The molecule has 4 heteroatoms. The second-order valence-corrected chi connectivity index (χ2v) is 7.80. The summed E-state index contributed by atoms with van der Waals surface area (Å²) in [7, 11) is -1.80. The van der Waals surface area contributed by atoms with Crippen molar-refractivity contribution in [2.45, 2.75) is 32.7 Å². The van der Waals surface area contributed by atoms with Gasteiger partial charge in [0.1, 0.15) is 0 Å². The Kier molecular flexibility index (Phi) is 4.00. The molecule has 0 saturated heterocycles. The number of carboxylic acids is 1. The molecule has 3 nitrogen and oxygen atoms in total. The maximum absolute atomic E-state index is 10.6. The highest BCUT2D eigenvalue weighted by Crippen LogP contribution is 2.06. The van der Waals surface area contributed by atoms with Crippen LogP contribution in [0.5, 0.6) is 0 Å². The van der Waals surface area contributed by atoms with Crippen molar-refractivity contribution in [2.75, 3.05) is 0 Å². The first-order chi connectivity index (χ1) is 5.37. The van der Waals surface area contributed by atoms with Crippen molar-refractivity contribution in [2.24, 2.45) is 0 Å². The third-order valence-electron chi connectivity index (χ3n) is 0.971. The van der Waals surface area contributed by atoms with Crippen LogP contribution in [0.3, 0.4) is 0 Å². The van der Waals surface area contributed by atoms with Crippen LogP contribution in [0, 0.1) is 11.8 Å². The molecule has 0 rings (SSSR count). The second-order valence-electron chi connectivity index (χ2n) is 3.34. The highest BCUT2D eigenvalue weighted by molar-refractivity contribution is 6.69. The number of hydrogen-bond acceptors (Lipinski definition) is 2. The molecular formula is C8H14O3Si. The van der Waals surface area contributed by atoms with Crippen LogP contribution in [0.25, 0.3) is 0 Å². The van der Waals surface area contributed by atoms with Crippen LogP contribution in [-0.4, -0.2) is 25.5 Å². The summed E-state index contributed by atoms with van der Waals surface area (Å²) >= 11 is 0. The summed E-state index contributed by atoms with van der Waals surface area (Å²) in [6, 6.07) is 0. The van der Waals surface area contributed by atoms with Gasteiger partial charge in [0, 0.05) is 0 Å². The van der Waals surface area contributed by atoms with Gasteiger partial charge in [0.2, 0.25) is 6.10 Å². The molecule has 0 aliphatic rings. The lowest BCUT2D eigenvalue weighted by Crippen LogP contribution is -2.35. The molecule has 0 amide bonds. The van der Waals surface area contributed by atoms with Gasteiger partial charge in [-0.1, -0.05) is 5.92 Å². The second kappa shape index (κ2) is 4.29. The molecule has 0 bridgehead atoms. The minimum absolute atomic E-state index is 0.957. The maximum atomic E-state index is 10.6. The number of aliphatic carboxylic acids is 1. The number of hydrogen-bond donors (Lipinski definition) is 1. The number of carboxylic acid groups (broad SMARTS) is 1. The van der Waals surface area contributed by atoms with Gasteiger partial charge in [0.05, 0.1) is 0 Å². The SMILES string of the molecule is CC#CC(O[Si](C)(C)C)C(=O)O. The van der Waals surface area contributed by atoms with Crippen molar-refractivity contribution >= 4 is 14.3 Å². The molecule has 0 aliphatic heterocycles. The first-order valence-electron chi connectivity index (χ1n) is 3.69. The van der Waals surface area contributed by atoms with Crippen LogP contribution in [0.1, 0.15) is 6.92 Å². The van der Waals surface area contributed by atoms with Crippen LogP contribution in [0.4, 0.5) is 0 Å². The Labute approximate surface area is 73.9 Å². The smallest absolute Gasteiger partial charge is 0.344 e. The summed E-state index contributed by atoms with van der Waals surface area (Å²) in [6.07, 6.45) is -0.957. The standard InChI is InChI=1S/C8H14O3Si/c1-5-6-7(8(9)10)11-12(2,3)4/h7H,1-4H3,(H,9,10). The van der Waals surface area contributed by atoms with E-state index in [1.54, 1.807) is 6.92 Å². The van der Waals surface area contributed by atoms with Crippen LogP contribution < -0.4 is 0 Å². The van der Waals surface area contributed by atoms with Crippen molar-refractivity contribution in [3.8, 4) is 11.8 Å². The predicted molar refractivity (Wildman–Crippen MR) is 49.3 cm³/mol. The number of carbonyl (C=O) groups is 1. The Hall–Kier alpha value is -0.793. The zero-order valence-electron chi connectivity index (χ0n) is 7.84. The van der Waals surface area contributed by atoms with Gasteiger partial charge in [-0.2, -0.15) is 0 Å². The quantitative estimate of drug-likeness (QED) is 0.534. The molecule has 1 N–H and O–H groups in total. The highest BCUT2D eigenvalue weighted by atomic mass is 28.4. The molecule has 0 aliphatic carbocycles. The molecule has 1 unspecified atom stereocenters. The fourth-order valence-corrected chi connectivity index (χ4v) is 1.49. The lowest BCUT2D eigenvalue weighted by Gasteiger charge is -2.19. The van der Waals surface area contributed by atoms with Gasteiger partial charge in [-0.15, -0.1) is 5.92 Å². The zero-order valence-corrected chi connectivity index (χ0v) is 8.84. The van der Waals surface area contributed by atoms with Crippen molar-refractivity contribution < 1.29 is 14.3 Å². The average Bonchev–Trinajstić information content (AvgIpc) is 1.83. The topological polar surface area (TPSA) is 46.5 Å². The van der Waals surface area contributed by atoms with E-state index in [0.29, 0.717) is 0 Å². The third kappa shape index (κ3) is 4.94. The predicted octanol–water partition coefficient (Wildman–Crippen LogP) is 1.31. The molecule has 0 heterocycles. The van der Waals surface area contributed by atoms with Gasteiger partial charge >= 0.3 is 5.97 Å². The maximum Gasteiger partial charge on any atom is 0.344 e. The summed E-state index contributed by atoms with van der Waals surface area (Å²) in [5.74, 6) is 4.03. The van der Waals surface area contributed by atoms with E-state index in [4.69, 9.17) is 9.53 Å². The highest BCUT2D eigenvalue weighted by Gasteiger charge is 2.24. The van der Waals surface area contributed by atoms with Crippen molar-refractivity contribution in [1.29, 1.82) is 0 Å². The zero-order chi connectivity index (χ0) is 9.78. The van der Waals surface area contributed by atoms with E-state index in [2.05, 4.69) is 11.8 Å². The molecule has 0 aromatic heterocycles. The van der Waals surface area contributed by atoms with E-state index in [9.17, 15) is 4.79 Å². The Morgan fingerprint density at radius 3 is 2.25 bits per heavy atom. The molecule has 0 fully saturated rings. The minimum Gasteiger partial charge on any atom is -0.479 e. The molecule has 12 heavy (non-hydrogen) atoms. The summed E-state index contributed by atoms with van der Waals surface area (Å²) in [6.45, 7) is 7.39. The lowest BCUT2D eigenvalue weighted by atomic mass is 10.4. The van der Waals surface area contributed by atoms with Crippen LogP contribution >= 0.6 is 0 Å². The Balaban J connectivity index is 4.31. The molecule has 0 saturated carbocycles. The van der Waals surface area contributed by atoms with E-state index in [1.807, 2.05) is 19.6 Å². The largest absolute Gasteiger partial charge is 0.479 e. The van der Waals surface area contributed by atoms with Gasteiger partial charge < -0.3 is 9.53 Å². The van der Waals surface area contributed by atoms with E-state index < -0.39 is 20.4 Å². The van der Waals surface area contributed by atoms with E-state index in [-0.39, 0.29) is 0 Å². The van der Waals surface area contributed by atoms with Gasteiger partial charge in [0.15, 0.2) is 8.32 Å². The monoisotopic (exact) mass is 186 g/mol. The fraction of sp³-hybridized carbons (Fsp3) is 0.625. The Morgan fingerprint density at radius 2 is 2.00 bits per heavy atom. The lowest BCUT2D eigenvalue weighted by molar-refractivity contribution is -0.142. The summed E-state index contributed by atoms with van der Waals surface area (Å²) in [5.41, 5.74) is 0. The first kappa shape index (κ1) is 11.2. The van der Waals surface area contributed by atoms with E-state index >= 15 is 0 Å². The molecule has 68 valence electrons. The summed E-state index contributed by atoms with van der Waals surface area (Å²) in [4.78, 5) is 10.6. The van der Waals surface area contributed by atoms with Crippen LogP contribution in [0.2, 0.25) is 19.6 Å². The van der Waals surface area contributed by atoms with Crippen molar-refractivity contribution in [1.82, 2.24) is 0 Å². The molecule has 0 spiro atoms. The van der Waals surface area contributed by atoms with Crippen LogP contribution in [-0.2, 0) is 9.22 Å². The van der Waals surface area contributed by atoms with E-state index in [1.165, 1.54) is 0 Å². The molecule has 0 radical (unpaired) electrons. The normalized spacial score (nSPS) is 13.0. The Bertz CT molecular complexity index is 219. The average molecular weight is 186 g/mol. The van der Waals surface area contributed by atoms with Crippen LogP contribution in [0.15, 0.2) is 0 Å². The van der Waals surface area contributed by atoms with Gasteiger partial charge in [-0.3, -0.25) is 0 Å². The van der Waals surface area contributed by atoms with Gasteiger partial charge in [0.25, 0.3) is 0 Å². The Morgan fingerprint density at radius 1 is 1.50 bits per heavy atom. The molecular weight excluding hydrogens is 172 g/mol. The molecule has 0 aromatic rings.